The summed E-state index contributed by atoms with van der Waals surface area (Å²) in [5.41, 5.74) is 1.41. The summed E-state index contributed by atoms with van der Waals surface area (Å²) in [4.78, 5) is 18.3. The first-order valence-corrected chi connectivity index (χ1v) is 7.50. The number of aromatic nitrogens is 1. The van der Waals surface area contributed by atoms with Gasteiger partial charge in [-0.05, 0) is 43.9 Å². The zero-order valence-corrected chi connectivity index (χ0v) is 12.5. The van der Waals surface area contributed by atoms with Crippen molar-refractivity contribution >= 4 is 17.7 Å². The smallest absolute Gasteiger partial charge is 0.272 e. The van der Waals surface area contributed by atoms with Crippen molar-refractivity contribution in [2.45, 2.75) is 33.2 Å². The molecule has 1 aromatic rings. The normalized spacial score (nSPS) is 12.2. The molecule has 1 rings (SSSR count). The standard InChI is InChI=1S/C14H22N2OS/c1-5-18-10-9-12(3)16(4)14(17)13-8-6-7-11(2)15-13/h6-8,12H,5,9-10H2,1-4H3/t12-/m1/s1. The summed E-state index contributed by atoms with van der Waals surface area (Å²) < 4.78 is 0. The van der Waals surface area contributed by atoms with Crippen molar-refractivity contribution in [3.05, 3.63) is 29.6 Å². The molecule has 0 aromatic carbocycles. The number of thioether (sulfide) groups is 1. The Kier molecular flexibility index (Phi) is 6.19. The van der Waals surface area contributed by atoms with E-state index in [1.807, 2.05) is 37.9 Å². The minimum Gasteiger partial charge on any atom is -0.338 e. The molecule has 0 fully saturated rings. The highest BCUT2D eigenvalue weighted by molar-refractivity contribution is 7.99. The summed E-state index contributed by atoms with van der Waals surface area (Å²) in [6.45, 7) is 6.14. The molecule has 0 spiro atoms. The van der Waals surface area contributed by atoms with E-state index in [0.717, 1.165) is 23.6 Å². The molecule has 4 heteroatoms. The van der Waals surface area contributed by atoms with E-state index in [9.17, 15) is 4.79 Å². The molecule has 100 valence electrons. The molecule has 0 saturated carbocycles. The Bertz CT molecular complexity index is 395. The molecule has 1 amide bonds. The van der Waals surface area contributed by atoms with Crippen molar-refractivity contribution in [1.82, 2.24) is 9.88 Å². The first kappa shape index (κ1) is 15.0. The number of rotatable bonds is 6. The number of carbonyl (C=O) groups is 1. The molecular weight excluding hydrogens is 244 g/mol. The molecular formula is C14H22N2OS. The highest BCUT2D eigenvalue weighted by Crippen LogP contribution is 2.11. The highest BCUT2D eigenvalue weighted by atomic mass is 32.2. The Labute approximate surface area is 114 Å². The van der Waals surface area contributed by atoms with Gasteiger partial charge in [-0.15, -0.1) is 0 Å². The van der Waals surface area contributed by atoms with Crippen LogP contribution in [0.1, 0.15) is 36.5 Å². The number of nitrogens with zero attached hydrogens (tertiary/aromatic N) is 2. The fraction of sp³-hybridized carbons (Fsp3) is 0.571. The lowest BCUT2D eigenvalue weighted by molar-refractivity contribution is 0.0735. The largest absolute Gasteiger partial charge is 0.338 e. The summed E-state index contributed by atoms with van der Waals surface area (Å²) >= 11 is 1.91. The third-order valence-corrected chi connectivity index (χ3v) is 3.91. The van der Waals surface area contributed by atoms with Crippen molar-refractivity contribution in [1.29, 1.82) is 0 Å². The number of hydrogen-bond donors (Lipinski definition) is 0. The lowest BCUT2D eigenvalue weighted by atomic mass is 10.2. The molecule has 0 aliphatic rings. The summed E-state index contributed by atoms with van der Waals surface area (Å²) in [5.74, 6) is 2.23. The molecule has 0 N–H and O–H groups in total. The van der Waals surface area contributed by atoms with Crippen molar-refractivity contribution in [2.24, 2.45) is 0 Å². The first-order valence-electron chi connectivity index (χ1n) is 6.34. The van der Waals surface area contributed by atoms with Crippen LogP contribution in [0.2, 0.25) is 0 Å². The van der Waals surface area contributed by atoms with Gasteiger partial charge in [-0.3, -0.25) is 4.79 Å². The third-order valence-electron chi connectivity index (χ3n) is 2.97. The molecule has 0 saturated heterocycles. The lowest BCUT2D eigenvalue weighted by Crippen LogP contribution is -2.36. The van der Waals surface area contributed by atoms with Gasteiger partial charge in [0.25, 0.3) is 5.91 Å². The number of amides is 1. The van der Waals surface area contributed by atoms with Crippen LogP contribution in [0.4, 0.5) is 0 Å². The number of carbonyl (C=O) groups excluding carboxylic acids is 1. The SMILES string of the molecule is CCSCC[C@@H](C)N(C)C(=O)c1cccc(C)n1. The fourth-order valence-electron chi connectivity index (χ4n) is 1.63. The van der Waals surface area contributed by atoms with Gasteiger partial charge in [0.2, 0.25) is 0 Å². The fourth-order valence-corrected chi connectivity index (χ4v) is 2.43. The van der Waals surface area contributed by atoms with Gasteiger partial charge in [-0.25, -0.2) is 4.98 Å². The van der Waals surface area contributed by atoms with E-state index in [1.54, 1.807) is 11.0 Å². The Morgan fingerprint density at radius 3 is 2.83 bits per heavy atom. The van der Waals surface area contributed by atoms with E-state index in [1.165, 1.54) is 0 Å². The van der Waals surface area contributed by atoms with Gasteiger partial charge < -0.3 is 4.90 Å². The van der Waals surface area contributed by atoms with Crippen molar-refractivity contribution in [2.75, 3.05) is 18.6 Å². The van der Waals surface area contributed by atoms with E-state index in [4.69, 9.17) is 0 Å². The topological polar surface area (TPSA) is 33.2 Å². The summed E-state index contributed by atoms with van der Waals surface area (Å²) in [7, 11) is 1.85. The monoisotopic (exact) mass is 266 g/mol. The van der Waals surface area contributed by atoms with Crippen molar-refractivity contribution < 1.29 is 4.79 Å². The minimum absolute atomic E-state index is 0.00713. The molecule has 3 nitrogen and oxygen atoms in total. The second kappa shape index (κ2) is 7.41. The van der Waals surface area contributed by atoms with E-state index in [2.05, 4.69) is 18.8 Å². The molecule has 1 atom stereocenters. The van der Waals surface area contributed by atoms with Crippen LogP contribution in [0.3, 0.4) is 0 Å². The van der Waals surface area contributed by atoms with Crippen LogP contribution >= 0.6 is 11.8 Å². The minimum atomic E-state index is 0.00713. The Balaban J connectivity index is 2.60. The summed E-state index contributed by atoms with van der Waals surface area (Å²) in [6.07, 6.45) is 1.02. The maximum absolute atomic E-state index is 12.2. The molecule has 1 aromatic heterocycles. The third kappa shape index (κ3) is 4.33. The van der Waals surface area contributed by atoms with Gasteiger partial charge in [-0.2, -0.15) is 11.8 Å². The Morgan fingerprint density at radius 1 is 1.50 bits per heavy atom. The van der Waals surface area contributed by atoms with Crippen molar-refractivity contribution in [3.8, 4) is 0 Å². The van der Waals surface area contributed by atoms with E-state index in [-0.39, 0.29) is 11.9 Å². The first-order chi connectivity index (χ1) is 8.56. The molecule has 1 heterocycles. The zero-order valence-electron chi connectivity index (χ0n) is 11.6. The van der Waals surface area contributed by atoms with Crippen LogP contribution in [-0.2, 0) is 0 Å². The van der Waals surface area contributed by atoms with Crippen LogP contribution in [0.25, 0.3) is 0 Å². The van der Waals surface area contributed by atoms with Gasteiger partial charge in [0.1, 0.15) is 5.69 Å². The molecule has 18 heavy (non-hydrogen) atoms. The van der Waals surface area contributed by atoms with Gasteiger partial charge in [0.05, 0.1) is 0 Å². The molecule has 0 aliphatic carbocycles. The molecule has 0 unspecified atom stereocenters. The van der Waals surface area contributed by atoms with Crippen LogP contribution in [0.15, 0.2) is 18.2 Å². The summed E-state index contributed by atoms with van der Waals surface area (Å²) in [6, 6.07) is 5.80. The average Bonchev–Trinajstić information content (AvgIpc) is 2.37. The van der Waals surface area contributed by atoms with Crippen LogP contribution in [-0.4, -0.2) is 40.4 Å². The van der Waals surface area contributed by atoms with Gasteiger partial charge in [0.15, 0.2) is 0 Å². The number of pyridine rings is 1. The van der Waals surface area contributed by atoms with Gasteiger partial charge >= 0.3 is 0 Å². The molecule has 0 radical (unpaired) electrons. The van der Waals surface area contributed by atoms with Crippen LogP contribution in [0, 0.1) is 6.92 Å². The maximum Gasteiger partial charge on any atom is 0.272 e. The second-order valence-corrected chi connectivity index (χ2v) is 5.81. The Hall–Kier alpha value is -1.03. The quantitative estimate of drug-likeness (QED) is 0.742. The van der Waals surface area contributed by atoms with E-state index in [0.29, 0.717) is 5.69 Å². The molecule has 0 bridgehead atoms. The average molecular weight is 266 g/mol. The van der Waals surface area contributed by atoms with Gasteiger partial charge in [0, 0.05) is 18.8 Å². The predicted octanol–water partition coefficient (Wildman–Crippen LogP) is 2.99. The van der Waals surface area contributed by atoms with Crippen LogP contribution in [0.5, 0.6) is 0 Å². The van der Waals surface area contributed by atoms with Crippen molar-refractivity contribution in [3.63, 3.8) is 0 Å². The van der Waals surface area contributed by atoms with Crippen LogP contribution < -0.4 is 0 Å². The van der Waals surface area contributed by atoms with E-state index < -0.39 is 0 Å². The lowest BCUT2D eigenvalue weighted by Gasteiger charge is -2.24. The summed E-state index contributed by atoms with van der Waals surface area (Å²) in [5, 5.41) is 0. The number of aryl methyl sites for hydroxylation is 1. The maximum atomic E-state index is 12.2. The predicted molar refractivity (Wildman–Crippen MR) is 78.1 cm³/mol. The number of hydrogen-bond acceptors (Lipinski definition) is 3. The second-order valence-electron chi connectivity index (χ2n) is 4.41. The highest BCUT2D eigenvalue weighted by Gasteiger charge is 2.18. The van der Waals surface area contributed by atoms with Gasteiger partial charge in [-0.1, -0.05) is 13.0 Å². The molecule has 0 aliphatic heterocycles. The van der Waals surface area contributed by atoms with E-state index >= 15 is 0 Å². The zero-order chi connectivity index (χ0) is 13.5. The Morgan fingerprint density at radius 2 is 2.22 bits per heavy atom.